The van der Waals surface area contributed by atoms with E-state index in [0.717, 1.165) is 46.0 Å². The summed E-state index contributed by atoms with van der Waals surface area (Å²) < 4.78 is 4.39. The Balaban J connectivity index is 0.958. The lowest BCUT2D eigenvalue weighted by molar-refractivity contribution is -0.662. The number of nitrogens with zero attached hydrogens (tertiary/aromatic N) is 5. The molecule has 7 rings (SSSR count). The lowest BCUT2D eigenvalue weighted by Gasteiger charge is -2.04. The van der Waals surface area contributed by atoms with Crippen LogP contribution in [0.15, 0.2) is 162 Å². The second kappa shape index (κ2) is 14.9. The highest BCUT2D eigenvalue weighted by Crippen LogP contribution is 2.14. The average molecular weight is 656 g/mol. The molecule has 0 saturated heterocycles. The normalized spacial score (nSPS) is 11.4. The molecule has 0 unspecified atom stereocenters. The van der Waals surface area contributed by atoms with Gasteiger partial charge in [-0.3, -0.25) is 9.59 Å². The van der Waals surface area contributed by atoms with Crippen LogP contribution in [0, 0.1) is 0 Å². The molecule has 3 aromatic heterocycles. The van der Waals surface area contributed by atoms with Crippen molar-refractivity contribution in [3.05, 3.63) is 186 Å². The Labute approximate surface area is 288 Å². The Morgan fingerprint density at radius 1 is 0.540 bits per heavy atom. The number of amides is 2. The summed E-state index contributed by atoms with van der Waals surface area (Å²) in [5.74, 6) is -1.08. The summed E-state index contributed by atoms with van der Waals surface area (Å²) in [6.45, 7) is 1.52. The third-order valence-corrected chi connectivity index (χ3v) is 8.17. The fraction of sp³-hybridized carbons (Fsp3) is 0.0488. The predicted octanol–water partition coefficient (Wildman–Crippen LogP) is 5.59. The number of hydrogen-bond acceptors (Lipinski definition) is 5. The van der Waals surface area contributed by atoms with Crippen LogP contribution in [0.5, 0.6) is 0 Å². The molecule has 0 bridgehead atoms. The van der Waals surface area contributed by atoms with Crippen molar-refractivity contribution < 1.29 is 18.7 Å². The van der Waals surface area contributed by atoms with Crippen LogP contribution in [0.25, 0.3) is 21.8 Å². The monoisotopic (exact) mass is 655 g/mol. The number of rotatable bonds is 10. The molecule has 0 radical (unpaired) electrons. The maximum atomic E-state index is 12.8. The van der Waals surface area contributed by atoms with E-state index < -0.39 is 11.8 Å². The Morgan fingerprint density at radius 2 is 1.00 bits per heavy atom. The predicted molar refractivity (Wildman–Crippen MR) is 194 cm³/mol. The summed E-state index contributed by atoms with van der Waals surface area (Å²) in [5, 5.41) is 10.3. The number of benzene rings is 4. The molecule has 50 heavy (non-hydrogen) atoms. The zero-order valence-corrected chi connectivity index (χ0v) is 27.1. The molecule has 2 N–H and O–H groups in total. The highest BCUT2D eigenvalue weighted by Gasteiger charge is 2.13. The van der Waals surface area contributed by atoms with E-state index in [1.54, 1.807) is 18.5 Å². The van der Waals surface area contributed by atoms with E-state index in [4.69, 9.17) is 0 Å². The van der Waals surface area contributed by atoms with Crippen LogP contribution in [-0.2, 0) is 13.1 Å². The molecule has 0 saturated carbocycles. The highest BCUT2D eigenvalue weighted by atomic mass is 16.2. The fourth-order valence-electron chi connectivity index (χ4n) is 5.73. The van der Waals surface area contributed by atoms with Crippen LogP contribution in [0.3, 0.4) is 0 Å². The summed E-state index contributed by atoms with van der Waals surface area (Å²) in [5.41, 5.74) is 11.4. The molecule has 3 heterocycles. The maximum Gasteiger partial charge on any atom is 0.289 e. The van der Waals surface area contributed by atoms with Gasteiger partial charge in [0.1, 0.15) is 11.4 Å². The van der Waals surface area contributed by atoms with Crippen molar-refractivity contribution in [1.82, 2.24) is 15.8 Å². The Hall–Kier alpha value is -6.87. The molecule has 242 valence electrons. The van der Waals surface area contributed by atoms with Gasteiger partial charge in [0.2, 0.25) is 11.0 Å². The third kappa shape index (κ3) is 7.64. The first-order chi connectivity index (χ1) is 24.6. The molecular formula is C41H33N7O2+2. The summed E-state index contributed by atoms with van der Waals surface area (Å²) >= 11 is 0. The van der Waals surface area contributed by atoms with E-state index in [0.29, 0.717) is 0 Å². The minimum absolute atomic E-state index is 0.0533. The third-order valence-electron chi connectivity index (χ3n) is 8.17. The van der Waals surface area contributed by atoms with Crippen molar-refractivity contribution in [3.8, 4) is 0 Å². The van der Waals surface area contributed by atoms with E-state index in [1.807, 2.05) is 97.1 Å². The van der Waals surface area contributed by atoms with Gasteiger partial charge in [-0.25, -0.2) is 15.8 Å². The summed E-state index contributed by atoms with van der Waals surface area (Å²) in [6.07, 6.45) is 7.27. The van der Waals surface area contributed by atoms with Gasteiger partial charge >= 0.3 is 0 Å². The van der Waals surface area contributed by atoms with Crippen LogP contribution in [0.2, 0.25) is 0 Å². The van der Waals surface area contributed by atoms with Crippen molar-refractivity contribution in [3.63, 3.8) is 0 Å². The topological polar surface area (TPSA) is 104 Å². The van der Waals surface area contributed by atoms with Gasteiger partial charge in [-0.1, -0.05) is 66.7 Å². The molecular weight excluding hydrogens is 622 g/mol. The number of aromatic nitrogens is 3. The zero-order valence-electron chi connectivity index (χ0n) is 27.1. The first-order valence-electron chi connectivity index (χ1n) is 16.2. The van der Waals surface area contributed by atoms with E-state index in [1.165, 1.54) is 23.3 Å². The number of hydrogen-bond donors (Lipinski definition) is 2. The van der Waals surface area contributed by atoms with Crippen molar-refractivity contribution >= 4 is 46.0 Å². The van der Waals surface area contributed by atoms with Crippen LogP contribution in [0.1, 0.15) is 43.2 Å². The quantitative estimate of drug-likeness (QED) is 0.114. The Morgan fingerprint density at radius 3 is 1.46 bits per heavy atom. The van der Waals surface area contributed by atoms with E-state index in [2.05, 4.69) is 71.8 Å². The number of hydrazone groups is 2. The molecule has 9 heteroatoms. The summed E-state index contributed by atoms with van der Waals surface area (Å²) in [7, 11) is 0. The summed E-state index contributed by atoms with van der Waals surface area (Å²) in [6, 6.07) is 45.3. The van der Waals surface area contributed by atoms with Gasteiger partial charge in [-0.15, -0.1) is 0 Å². The maximum absolute atomic E-state index is 12.8. The fourth-order valence-corrected chi connectivity index (χ4v) is 5.73. The Bertz CT molecular complexity index is 2210. The largest absolute Gasteiger partial charge is 0.289 e. The van der Waals surface area contributed by atoms with E-state index >= 15 is 0 Å². The van der Waals surface area contributed by atoms with Crippen molar-refractivity contribution in [2.45, 2.75) is 13.1 Å². The highest BCUT2D eigenvalue weighted by molar-refractivity contribution is 5.97. The Kier molecular flexibility index (Phi) is 9.46. The minimum Gasteiger partial charge on any atom is -0.266 e. The molecule has 0 spiro atoms. The molecule has 0 fully saturated rings. The molecule has 0 aliphatic heterocycles. The first-order valence-corrected chi connectivity index (χ1v) is 16.2. The van der Waals surface area contributed by atoms with Gasteiger partial charge < -0.3 is 0 Å². The molecule has 0 atom stereocenters. The van der Waals surface area contributed by atoms with Crippen molar-refractivity contribution in [1.29, 1.82) is 0 Å². The van der Waals surface area contributed by atoms with Crippen LogP contribution >= 0.6 is 0 Å². The molecule has 4 aromatic carbocycles. The standard InChI is InChI=1S/C41H31N7O2/c49-40(45-42-26-32-18-20-38-34(24-32)14-8-22-47(38)28-30-10-3-1-4-11-30)36-16-7-17-37(44-36)41(50)46-43-27-33-19-21-39-35(25-33)15-9-23-48(39)29-31-12-5-2-6-13-31/h1-27H,28-29H2/p+2/b42-26+,43-27+. The van der Waals surface area contributed by atoms with Crippen molar-refractivity contribution in [2.24, 2.45) is 10.2 Å². The van der Waals surface area contributed by atoms with Gasteiger partial charge in [0, 0.05) is 46.2 Å². The lowest BCUT2D eigenvalue weighted by Crippen LogP contribution is -2.34. The van der Waals surface area contributed by atoms with Crippen LogP contribution in [0.4, 0.5) is 0 Å². The van der Waals surface area contributed by atoms with E-state index in [-0.39, 0.29) is 11.4 Å². The van der Waals surface area contributed by atoms with Crippen molar-refractivity contribution in [2.75, 3.05) is 0 Å². The number of carbonyl (C=O) groups excluding carboxylic acids is 2. The number of pyridine rings is 3. The van der Waals surface area contributed by atoms with Crippen LogP contribution < -0.4 is 20.0 Å². The van der Waals surface area contributed by atoms with Gasteiger partial charge in [0.15, 0.2) is 25.5 Å². The molecule has 9 nitrogen and oxygen atoms in total. The molecule has 0 aliphatic rings. The number of fused-ring (bicyclic) bond motifs is 2. The molecule has 7 aromatic rings. The molecule has 2 amide bonds. The summed E-state index contributed by atoms with van der Waals surface area (Å²) in [4.78, 5) is 29.9. The van der Waals surface area contributed by atoms with Gasteiger partial charge in [0.05, 0.1) is 12.4 Å². The number of carbonyl (C=O) groups is 2. The zero-order chi connectivity index (χ0) is 34.1. The van der Waals surface area contributed by atoms with Gasteiger partial charge in [0.25, 0.3) is 11.8 Å². The minimum atomic E-state index is -0.540. The second-order valence-electron chi connectivity index (χ2n) is 11.7. The smallest absolute Gasteiger partial charge is 0.266 e. The first kappa shape index (κ1) is 31.7. The lowest BCUT2D eigenvalue weighted by atomic mass is 10.1. The second-order valence-corrected chi connectivity index (χ2v) is 11.7. The van der Waals surface area contributed by atoms with Gasteiger partial charge in [-0.05, 0) is 59.7 Å². The van der Waals surface area contributed by atoms with Crippen LogP contribution in [-0.4, -0.2) is 29.2 Å². The average Bonchev–Trinajstić information content (AvgIpc) is 3.16. The number of nitrogens with one attached hydrogen (secondary N) is 2. The molecule has 0 aliphatic carbocycles. The van der Waals surface area contributed by atoms with E-state index in [9.17, 15) is 9.59 Å². The SMILES string of the molecule is O=C(N/N=C/c1ccc2c(ccc[n+]2Cc2ccccc2)c1)c1cccc(C(=O)N/N=C/c2ccc3c(ccc[n+]3Cc3ccccc3)c2)n1. The van der Waals surface area contributed by atoms with Gasteiger partial charge in [-0.2, -0.15) is 19.3 Å².